The van der Waals surface area contributed by atoms with Gasteiger partial charge in [0.15, 0.2) is 0 Å². The number of rotatable bonds is 2. The van der Waals surface area contributed by atoms with E-state index in [1.807, 2.05) is 13.8 Å². The van der Waals surface area contributed by atoms with Gasteiger partial charge in [0.05, 0.1) is 25.0 Å². The molecule has 0 spiro atoms. The molecule has 0 unspecified atom stereocenters. The molecule has 0 radical (unpaired) electrons. The van der Waals surface area contributed by atoms with Crippen molar-refractivity contribution in [3.8, 4) is 0 Å². The van der Waals surface area contributed by atoms with Crippen molar-refractivity contribution < 1.29 is 38.2 Å². The van der Waals surface area contributed by atoms with Crippen LogP contribution in [-0.2, 0) is 38.2 Å². The molecule has 0 amide bonds. The molecule has 184 valence electrons. The van der Waals surface area contributed by atoms with Crippen molar-refractivity contribution in [3.05, 3.63) is 0 Å². The van der Waals surface area contributed by atoms with Crippen LogP contribution < -0.4 is 0 Å². The maximum Gasteiger partial charge on any atom is 0.373 e. The fourth-order valence-electron chi connectivity index (χ4n) is 4.64. The van der Waals surface area contributed by atoms with Crippen LogP contribution in [0.3, 0.4) is 0 Å². The first kappa shape index (κ1) is 31.9. The van der Waals surface area contributed by atoms with Gasteiger partial charge < -0.3 is 9.47 Å². The van der Waals surface area contributed by atoms with Gasteiger partial charge in [-0.3, -0.25) is 9.59 Å². The van der Waals surface area contributed by atoms with E-state index in [-0.39, 0.29) is 45.9 Å². The Hall–Kier alpha value is -2.30. The van der Waals surface area contributed by atoms with E-state index in [4.69, 9.17) is 28.7 Å². The van der Waals surface area contributed by atoms with Crippen LogP contribution in [0.5, 0.6) is 0 Å². The van der Waals surface area contributed by atoms with Crippen LogP contribution in [0.25, 0.3) is 0 Å². The van der Waals surface area contributed by atoms with Crippen LogP contribution in [-0.4, -0.2) is 38.5 Å². The van der Waals surface area contributed by atoms with Crippen molar-refractivity contribution in [2.45, 2.75) is 81.1 Å². The van der Waals surface area contributed by atoms with Gasteiger partial charge >= 0.3 is 24.2 Å². The van der Waals surface area contributed by atoms with E-state index >= 15 is 0 Å². The molecule has 0 saturated heterocycles. The van der Waals surface area contributed by atoms with Crippen LogP contribution in [0.4, 0.5) is 0 Å². The minimum atomic E-state index is -0.291. The molecule has 2 fully saturated rings. The maximum atomic E-state index is 11.7. The highest BCUT2D eigenvalue weighted by Gasteiger charge is 2.55. The number of ether oxygens (including phenoxy) is 2. The number of carbonyl (C=O) groups is 2. The Morgan fingerprint density at radius 2 is 0.875 bits per heavy atom. The van der Waals surface area contributed by atoms with Crippen molar-refractivity contribution in [1.29, 1.82) is 0 Å². The van der Waals surface area contributed by atoms with Crippen molar-refractivity contribution in [2.75, 3.05) is 14.2 Å². The Morgan fingerprint density at radius 1 is 0.656 bits per heavy atom. The predicted molar refractivity (Wildman–Crippen MR) is 115 cm³/mol. The van der Waals surface area contributed by atoms with Gasteiger partial charge in [0, 0.05) is 0 Å². The molecule has 0 bridgehead atoms. The molecule has 0 heterocycles. The van der Waals surface area contributed by atoms with E-state index < -0.39 is 0 Å². The van der Waals surface area contributed by atoms with Crippen LogP contribution in [0.15, 0.2) is 0 Å². The number of hydrogen-bond donors (Lipinski definition) is 0. The number of methoxy groups -OCH3 is 2. The highest BCUT2D eigenvalue weighted by atomic mass is 16.5. The Labute approximate surface area is 191 Å². The standard InChI is InChI=1S/2C11H20O2.2CO2/c2*1-8-6-7-11(4,9(12)13-5)10(8,2)3;2*2-1-3/h2*8H,6-7H2,1-5H3;;/t8-,11+;8-,11-;;/m10../s1. The summed E-state index contributed by atoms with van der Waals surface area (Å²) in [7, 11) is 2.96. The molecule has 2 rings (SSSR count). The number of hydrogen-bond acceptors (Lipinski definition) is 8. The SMILES string of the molecule is COC(=O)[C@]1(C)CC[C@@H](C)C1(C)C.COC(=O)[C@]1(C)CC[C@H](C)C1(C)C.O=C=O.O=C=O. The number of esters is 2. The second-order valence-electron chi connectivity index (χ2n) is 10.1. The molecule has 8 nitrogen and oxygen atoms in total. The molecule has 2 aliphatic carbocycles. The predicted octanol–water partition coefficient (Wildman–Crippen LogP) is 4.08. The zero-order valence-corrected chi connectivity index (χ0v) is 21.2. The molecule has 0 N–H and O–H groups in total. The van der Waals surface area contributed by atoms with Gasteiger partial charge in [-0.15, -0.1) is 0 Å². The molecule has 8 heteroatoms. The van der Waals surface area contributed by atoms with Crippen LogP contribution in [0, 0.1) is 33.5 Å². The summed E-state index contributed by atoms with van der Waals surface area (Å²) in [5, 5.41) is 0. The second kappa shape index (κ2) is 12.7. The molecule has 32 heavy (non-hydrogen) atoms. The average molecular weight is 457 g/mol. The van der Waals surface area contributed by atoms with Gasteiger partial charge in [0.2, 0.25) is 0 Å². The van der Waals surface area contributed by atoms with Gasteiger partial charge in [-0.05, 0) is 62.2 Å². The van der Waals surface area contributed by atoms with E-state index in [9.17, 15) is 9.59 Å². The molecule has 0 aromatic carbocycles. The summed E-state index contributed by atoms with van der Waals surface area (Å²) in [5.41, 5.74) is -0.470. The first-order valence-electron chi connectivity index (χ1n) is 10.7. The fourth-order valence-corrected chi connectivity index (χ4v) is 4.64. The van der Waals surface area contributed by atoms with Gasteiger partial charge in [0.1, 0.15) is 0 Å². The third kappa shape index (κ3) is 6.36. The smallest absolute Gasteiger partial charge is 0.373 e. The quantitative estimate of drug-likeness (QED) is 0.570. The Kier molecular flexibility index (Phi) is 12.6. The third-order valence-electron chi connectivity index (χ3n) is 8.73. The van der Waals surface area contributed by atoms with E-state index in [2.05, 4.69) is 41.5 Å². The summed E-state index contributed by atoms with van der Waals surface area (Å²) < 4.78 is 9.76. The third-order valence-corrected chi connectivity index (χ3v) is 8.73. The highest BCUT2D eigenvalue weighted by molar-refractivity contribution is 5.78. The lowest BCUT2D eigenvalue weighted by molar-refractivity contribution is -0.193. The van der Waals surface area contributed by atoms with E-state index in [0.717, 1.165) is 25.7 Å². The molecular formula is C24H40O8. The van der Waals surface area contributed by atoms with E-state index in [0.29, 0.717) is 11.8 Å². The molecular weight excluding hydrogens is 416 g/mol. The monoisotopic (exact) mass is 456 g/mol. The Bertz CT molecular complexity index is 639. The first-order chi connectivity index (χ1) is 14.5. The van der Waals surface area contributed by atoms with Crippen molar-refractivity contribution in [2.24, 2.45) is 33.5 Å². The second-order valence-corrected chi connectivity index (χ2v) is 10.1. The van der Waals surface area contributed by atoms with Crippen molar-refractivity contribution in [1.82, 2.24) is 0 Å². The largest absolute Gasteiger partial charge is 0.469 e. The Morgan fingerprint density at radius 3 is 1.00 bits per heavy atom. The molecule has 0 aromatic rings. The van der Waals surface area contributed by atoms with Crippen LogP contribution in [0.2, 0.25) is 0 Å². The van der Waals surface area contributed by atoms with Crippen LogP contribution in [0.1, 0.15) is 81.1 Å². The van der Waals surface area contributed by atoms with Gasteiger partial charge in [-0.25, -0.2) is 0 Å². The van der Waals surface area contributed by atoms with Gasteiger partial charge in [-0.2, -0.15) is 19.2 Å². The molecule has 4 atom stereocenters. The summed E-state index contributed by atoms with van der Waals surface area (Å²) in [4.78, 5) is 55.8. The summed E-state index contributed by atoms with van der Waals surface area (Å²) in [6.45, 7) is 17.2. The van der Waals surface area contributed by atoms with Crippen molar-refractivity contribution in [3.63, 3.8) is 0 Å². The highest BCUT2D eigenvalue weighted by Crippen LogP contribution is 2.57. The van der Waals surface area contributed by atoms with Crippen LogP contribution >= 0.6 is 0 Å². The zero-order chi connectivity index (χ0) is 26.0. The Balaban J connectivity index is 0. The fraction of sp³-hybridized carbons (Fsp3) is 0.833. The minimum Gasteiger partial charge on any atom is -0.469 e. The lowest BCUT2D eigenvalue weighted by Crippen LogP contribution is -2.40. The minimum absolute atomic E-state index is 0.0538. The van der Waals surface area contributed by atoms with E-state index in [1.165, 1.54) is 14.2 Å². The van der Waals surface area contributed by atoms with E-state index in [1.54, 1.807) is 0 Å². The lowest BCUT2D eigenvalue weighted by atomic mass is 9.66. The normalized spacial score (nSPS) is 30.9. The number of carbonyl (C=O) groups excluding carboxylic acids is 6. The summed E-state index contributed by atoms with van der Waals surface area (Å²) in [6.07, 6.45) is 4.65. The maximum absolute atomic E-state index is 11.7. The summed E-state index contributed by atoms with van der Waals surface area (Å²) in [5.74, 6) is 1.08. The molecule has 0 aromatic heterocycles. The van der Waals surface area contributed by atoms with Crippen molar-refractivity contribution >= 4 is 24.2 Å². The summed E-state index contributed by atoms with van der Waals surface area (Å²) in [6, 6.07) is 0. The molecule has 2 saturated carbocycles. The van der Waals surface area contributed by atoms with Gasteiger partial charge in [-0.1, -0.05) is 41.5 Å². The average Bonchev–Trinajstić information content (AvgIpc) is 3.07. The molecule has 2 aliphatic rings. The summed E-state index contributed by atoms with van der Waals surface area (Å²) >= 11 is 0. The topological polar surface area (TPSA) is 121 Å². The first-order valence-corrected chi connectivity index (χ1v) is 10.7. The van der Waals surface area contributed by atoms with Gasteiger partial charge in [0.25, 0.3) is 0 Å². The lowest BCUT2D eigenvalue weighted by Gasteiger charge is -2.38. The molecule has 0 aliphatic heterocycles. The zero-order valence-electron chi connectivity index (χ0n) is 21.2.